The number of hydrogen-bond acceptors (Lipinski definition) is 4. The van der Waals surface area contributed by atoms with E-state index in [1.54, 1.807) is 29.7 Å². The van der Waals surface area contributed by atoms with Crippen LogP contribution in [0, 0.1) is 0 Å². The fourth-order valence-corrected chi connectivity index (χ4v) is 4.92. The lowest BCUT2D eigenvalue weighted by Gasteiger charge is -2.26. The Balaban J connectivity index is 1.81. The van der Waals surface area contributed by atoms with Crippen molar-refractivity contribution in [3.63, 3.8) is 0 Å². The Hall–Kier alpha value is -1.96. The monoisotopic (exact) mass is 431 g/mol. The molecule has 1 aliphatic heterocycles. The van der Waals surface area contributed by atoms with E-state index in [4.69, 9.17) is 12.2 Å². The number of nitrogens with zero attached hydrogens (tertiary/aromatic N) is 2. The van der Waals surface area contributed by atoms with Gasteiger partial charge < -0.3 is 15.3 Å². The molecule has 1 fully saturated rings. The molecule has 7 heteroatoms. The number of aromatic nitrogens is 1. The van der Waals surface area contributed by atoms with E-state index in [1.807, 2.05) is 36.4 Å². The Kier molecular flexibility index (Phi) is 4.45. The van der Waals surface area contributed by atoms with Crippen molar-refractivity contribution in [2.75, 3.05) is 4.90 Å². The molecule has 2 aromatic heterocycles. The van der Waals surface area contributed by atoms with Crippen molar-refractivity contribution in [1.29, 1.82) is 0 Å². The van der Waals surface area contributed by atoms with Crippen molar-refractivity contribution >= 4 is 50.3 Å². The third-order valence-corrected chi connectivity index (χ3v) is 6.12. The zero-order valence-corrected chi connectivity index (χ0v) is 16.2. The van der Waals surface area contributed by atoms with Crippen LogP contribution in [0.1, 0.15) is 22.7 Å². The largest absolute Gasteiger partial charge is 0.508 e. The molecule has 2 atom stereocenters. The Morgan fingerprint density at radius 1 is 1.12 bits per heavy atom. The van der Waals surface area contributed by atoms with Gasteiger partial charge in [-0.3, -0.25) is 4.98 Å². The molecule has 4 rings (SSSR count). The SMILES string of the molecule is Oc1ccc(N2C(=S)N[C@H](c3ccccn3)[C@H]2c2ccc(Br)s2)cc1. The average Bonchev–Trinajstić information content (AvgIpc) is 3.20. The fourth-order valence-electron chi connectivity index (χ4n) is 3.02. The molecule has 126 valence electrons. The molecule has 2 N–H and O–H groups in total. The summed E-state index contributed by atoms with van der Waals surface area (Å²) < 4.78 is 1.07. The number of nitrogens with one attached hydrogen (secondary N) is 1. The number of halogens is 1. The molecule has 1 aromatic carbocycles. The minimum absolute atomic E-state index is 0.0109. The second kappa shape index (κ2) is 6.74. The Morgan fingerprint density at radius 3 is 2.56 bits per heavy atom. The summed E-state index contributed by atoms with van der Waals surface area (Å²) in [4.78, 5) is 7.80. The quantitative estimate of drug-likeness (QED) is 0.583. The molecule has 0 unspecified atom stereocenters. The molecule has 3 heterocycles. The molecule has 25 heavy (non-hydrogen) atoms. The highest BCUT2D eigenvalue weighted by Crippen LogP contribution is 2.44. The molecule has 0 radical (unpaired) electrons. The summed E-state index contributed by atoms with van der Waals surface area (Å²) in [6.45, 7) is 0. The van der Waals surface area contributed by atoms with Crippen LogP contribution in [0.3, 0.4) is 0 Å². The lowest BCUT2D eigenvalue weighted by Crippen LogP contribution is -2.28. The third kappa shape index (κ3) is 3.15. The van der Waals surface area contributed by atoms with E-state index in [0.717, 1.165) is 15.2 Å². The van der Waals surface area contributed by atoms with Gasteiger partial charge in [-0.1, -0.05) is 6.07 Å². The fraction of sp³-hybridized carbons (Fsp3) is 0.111. The standard InChI is InChI=1S/C18H14BrN3OS2/c19-15-9-8-14(25-15)17-16(13-3-1-2-10-20-13)21-18(24)22(17)11-4-6-12(23)7-5-11/h1-10,16-17,23H,(H,21,24)/t16-,17-/m1/s1. The number of anilines is 1. The van der Waals surface area contributed by atoms with Gasteiger partial charge in [-0.2, -0.15) is 0 Å². The molecule has 0 amide bonds. The normalized spacial score (nSPS) is 19.9. The van der Waals surface area contributed by atoms with E-state index in [0.29, 0.717) is 5.11 Å². The maximum Gasteiger partial charge on any atom is 0.174 e. The highest BCUT2D eigenvalue weighted by molar-refractivity contribution is 9.11. The van der Waals surface area contributed by atoms with Crippen LogP contribution in [0.15, 0.2) is 64.6 Å². The number of hydrogen-bond donors (Lipinski definition) is 2. The number of benzene rings is 1. The number of rotatable bonds is 3. The zero-order chi connectivity index (χ0) is 17.4. The molecule has 1 saturated heterocycles. The Bertz CT molecular complexity index is 898. The Morgan fingerprint density at radius 2 is 1.92 bits per heavy atom. The number of phenolic OH excluding ortho intramolecular Hbond substituents is 1. The first-order chi connectivity index (χ1) is 12.1. The van der Waals surface area contributed by atoms with Gasteiger partial charge >= 0.3 is 0 Å². The smallest absolute Gasteiger partial charge is 0.174 e. The van der Waals surface area contributed by atoms with Crippen molar-refractivity contribution < 1.29 is 5.11 Å². The molecule has 0 aliphatic carbocycles. The predicted molar refractivity (Wildman–Crippen MR) is 108 cm³/mol. The third-order valence-electron chi connectivity index (χ3n) is 4.11. The number of thiophene rings is 1. The summed E-state index contributed by atoms with van der Waals surface area (Å²) in [6, 6.07) is 17.1. The van der Waals surface area contributed by atoms with Gasteiger partial charge in [0.05, 0.1) is 21.6 Å². The van der Waals surface area contributed by atoms with Gasteiger partial charge in [-0.25, -0.2) is 0 Å². The van der Waals surface area contributed by atoms with Crippen LogP contribution in [-0.2, 0) is 0 Å². The van der Waals surface area contributed by atoms with Gasteiger partial charge in [0.15, 0.2) is 5.11 Å². The number of pyridine rings is 1. The van der Waals surface area contributed by atoms with E-state index in [9.17, 15) is 5.11 Å². The van der Waals surface area contributed by atoms with E-state index in [-0.39, 0.29) is 17.8 Å². The predicted octanol–water partition coefficient (Wildman–Crippen LogP) is 4.79. The number of aromatic hydroxyl groups is 1. The molecular weight excluding hydrogens is 418 g/mol. The summed E-state index contributed by atoms with van der Waals surface area (Å²) >= 11 is 10.9. The molecule has 0 bridgehead atoms. The summed E-state index contributed by atoms with van der Waals surface area (Å²) in [5.74, 6) is 0.235. The van der Waals surface area contributed by atoms with Gasteiger partial charge in [-0.15, -0.1) is 11.3 Å². The van der Waals surface area contributed by atoms with Crippen LogP contribution in [0.2, 0.25) is 0 Å². The summed E-state index contributed by atoms with van der Waals surface area (Å²) in [5.41, 5.74) is 1.88. The maximum atomic E-state index is 9.60. The van der Waals surface area contributed by atoms with Crippen molar-refractivity contribution in [2.24, 2.45) is 0 Å². The topological polar surface area (TPSA) is 48.4 Å². The van der Waals surface area contributed by atoms with E-state index >= 15 is 0 Å². The van der Waals surface area contributed by atoms with E-state index in [2.05, 4.69) is 37.2 Å². The first-order valence-electron chi connectivity index (χ1n) is 7.68. The van der Waals surface area contributed by atoms with Crippen LogP contribution >= 0.6 is 39.5 Å². The van der Waals surface area contributed by atoms with Crippen molar-refractivity contribution in [3.05, 3.63) is 75.2 Å². The minimum Gasteiger partial charge on any atom is -0.508 e. The van der Waals surface area contributed by atoms with Gasteiger partial charge in [0, 0.05) is 16.8 Å². The molecule has 4 nitrogen and oxygen atoms in total. The highest BCUT2D eigenvalue weighted by Gasteiger charge is 2.41. The second-order valence-corrected chi connectivity index (χ2v) is 8.54. The van der Waals surface area contributed by atoms with Gasteiger partial charge in [0.1, 0.15) is 5.75 Å². The van der Waals surface area contributed by atoms with Crippen molar-refractivity contribution in [2.45, 2.75) is 12.1 Å². The number of thiocarbonyl (C=S) groups is 1. The lowest BCUT2D eigenvalue weighted by atomic mass is 10.0. The van der Waals surface area contributed by atoms with Crippen LogP contribution in [0.5, 0.6) is 5.75 Å². The van der Waals surface area contributed by atoms with E-state index in [1.165, 1.54) is 4.88 Å². The summed E-state index contributed by atoms with van der Waals surface area (Å²) in [7, 11) is 0. The summed E-state index contributed by atoms with van der Waals surface area (Å²) in [5, 5.41) is 13.7. The van der Waals surface area contributed by atoms with Crippen LogP contribution in [0.4, 0.5) is 5.69 Å². The van der Waals surface area contributed by atoms with Crippen LogP contribution in [0.25, 0.3) is 0 Å². The zero-order valence-electron chi connectivity index (χ0n) is 13.0. The second-order valence-electron chi connectivity index (χ2n) is 5.65. The summed E-state index contributed by atoms with van der Waals surface area (Å²) in [6.07, 6.45) is 1.80. The molecule has 0 saturated carbocycles. The van der Waals surface area contributed by atoms with Crippen LogP contribution in [-0.4, -0.2) is 15.2 Å². The molecular formula is C18H14BrN3OS2. The number of phenols is 1. The Labute approximate surface area is 163 Å². The van der Waals surface area contributed by atoms with Gasteiger partial charge in [0.25, 0.3) is 0 Å². The molecule has 0 spiro atoms. The molecule has 3 aromatic rings. The van der Waals surface area contributed by atoms with Crippen molar-refractivity contribution in [3.8, 4) is 5.75 Å². The maximum absolute atomic E-state index is 9.60. The first kappa shape index (κ1) is 16.5. The average molecular weight is 432 g/mol. The molecule has 1 aliphatic rings. The van der Waals surface area contributed by atoms with E-state index < -0.39 is 0 Å². The van der Waals surface area contributed by atoms with Crippen LogP contribution < -0.4 is 10.2 Å². The van der Waals surface area contributed by atoms with Gasteiger partial charge in [0.2, 0.25) is 0 Å². The van der Waals surface area contributed by atoms with Crippen molar-refractivity contribution in [1.82, 2.24) is 10.3 Å². The lowest BCUT2D eigenvalue weighted by molar-refractivity contribution is 0.475. The highest BCUT2D eigenvalue weighted by atomic mass is 79.9. The first-order valence-corrected chi connectivity index (χ1v) is 9.70. The van der Waals surface area contributed by atoms with Gasteiger partial charge in [-0.05, 0) is 76.7 Å². The minimum atomic E-state index is -0.0481.